The SMILES string of the molecule is CC1(C)CC2(CC(C)(C)N1)NC(=O)N(CCC(CCN1C(=O)NC3(CC(C)(C)NC(C)(C)C3)C1=O)(CC(=O)O)C(=O)O)C2=O. The van der Waals surface area contributed by atoms with Gasteiger partial charge in [-0.1, -0.05) is 0 Å². The molecule has 44 heavy (non-hydrogen) atoms. The van der Waals surface area contributed by atoms with Crippen molar-refractivity contribution >= 4 is 35.8 Å². The number of aliphatic carboxylic acids is 2. The average molecular weight is 621 g/mol. The highest BCUT2D eigenvalue weighted by molar-refractivity contribution is 6.08. The highest BCUT2D eigenvalue weighted by Gasteiger charge is 2.60. The molecule has 4 rings (SSSR count). The van der Waals surface area contributed by atoms with Gasteiger partial charge in [-0.05, 0) is 93.9 Å². The zero-order chi connectivity index (χ0) is 33.3. The number of imide groups is 2. The Labute approximate surface area is 258 Å². The van der Waals surface area contributed by atoms with Gasteiger partial charge in [0.05, 0.1) is 11.8 Å². The third-order valence-corrected chi connectivity index (χ3v) is 9.39. The predicted octanol–water partition coefficient (Wildman–Crippen LogP) is 1.77. The van der Waals surface area contributed by atoms with Crippen molar-refractivity contribution in [1.82, 2.24) is 31.1 Å². The number of hydrogen-bond donors (Lipinski definition) is 6. The monoisotopic (exact) mass is 620 g/mol. The molecule has 0 atom stereocenters. The smallest absolute Gasteiger partial charge is 0.325 e. The van der Waals surface area contributed by atoms with E-state index in [4.69, 9.17) is 0 Å². The Morgan fingerprint density at radius 3 is 1.25 bits per heavy atom. The summed E-state index contributed by atoms with van der Waals surface area (Å²) in [4.78, 5) is 80.3. The second kappa shape index (κ2) is 10.4. The number of nitrogens with zero attached hydrogens (tertiary/aromatic N) is 2. The number of hydrogen-bond acceptors (Lipinski definition) is 8. The molecule has 14 nitrogen and oxygen atoms in total. The van der Waals surface area contributed by atoms with E-state index in [-0.39, 0.29) is 25.9 Å². The van der Waals surface area contributed by atoms with Gasteiger partial charge >= 0.3 is 24.0 Å². The first-order valence-electron chi connectivity index (χ1n) is 15.2. The average Bonchev–Trinajstić information content (AvgIpc) is 3.12. The molecule has 0 aliphatic carbocycles. The van der Waals surface area contributed by atoms with Gasteiger partial charge in [0.2, 0.25) is 0 Å². The van der Waals surface area contributed by atoms with Gasteiger partial charge in [-0.3, -0.25) is 29.0 Å². The number of piperidine rings is 2. The first kappa shape index (κ1) is 33.6. The van der Waals surface area contributed by atoms with Crippen LogP contribution in [0.2, 0.25) is 0 Å². The lowest BCUT2D eigenvalue weighted by Crippen LogP contribution is -2.68. The summed E-state index contributed by atoms with van der Waals surface area (Å²) in [5.41, 5.74) is -6.24. The lowest BCUT2D eigenvalue weighted by molar-refractivity contribution is -0.157. The van der Waals surface area contributed by atoms with Gasteiger partial charge in [0.15, 0.2) is 0 Å². The molecule has 2 spiro atoms. The number of carboxylic acids is 2. The highest BCUT2D eigenvalue weighted by Crippen LogP contribution is 2.42. The fraction of sp³-hybridized carbons (Fsp3) is 0.800. The summed E-state index contributed by atoms with van der Waals surface area (Å²) in [6, 6.07) is -1.32. The van der Waals surface area contributed by atoms with Gasteiger partial charge in [-0.15, -0.1) is 0 Å². The van der Waals surface area contributed by atoms with Crippen LogP contribution in [0, 0.1) is 5.41 Å². The molecule has 0 aromatic carbocycles. The topological polar surface area (TPSA) is 197 Å². The molecule has 0 aromatic heterocycles. The Morgan fingerprint density at radius 1 is 0.659 bits per heavy atom. The Kier molecular flexibility index (Phi) is 7.95. The van der Waals surface area contributed by atoms with Crippen molar-refractivity contribution in [2.75, 3.05) is 13.1 Å². The summed E-state index contributed by atoms with van der Waals surface area (Å²) in [7, 11) is 0. The molecule has 4 aliphatic rings. The molecule has 0 saturated carbocycles. The Bertz CT molecular complexity index is 1180. The molecule has 0 radical (unpaired) electrons. The second-order valence-electron chi connectivity index (χ2n) is 16.1. The van der Waals surface area contributed by atoms with Gasteiger partial charge in [0, 0.05) is 35.2 Å². The quantitative estimate of drug-likeness (QED) is 0.207. The van der Waals surface area contributed by atoms with Crippen molar-refractivity contribution in [3.63, 3.8) is 0 Å². The molecule has 4 saturated heterocycles. The van der Waals surface area contributed by atoms with Crippen LogP contribution in [-0.2, 0) is 19.2 Å². The van der Waals surface area contributed by atoms with Crippen molar-refractivity contribution in [3.8, 4) is 0 Å². The van der Waals surface area contributed by atoms with Gasteiger partial charge in [-0.2, -0.15) is 0 Å². The number of carbonyl (C=O) groups excluding carboxylic acids is 4. The lowest BCUT2D eigenvalue weighted by atomic mass is 9.70. The maximum absolute atomic E-state index is 13.7. The molecule has 4 fully saturated rings. The van der Waals surface area contributed by atoms with E-state index in [0.717, 1.165) is 9.80 Å². The Hall–Kier alpha value is -3.26. The Balaban J connectivity index is 1.54. The molecular weight excluding hydrogens is 572 g/mol. The lowest BCUT2D eigenvalue weighted by Gasteiger charge is -2.50. The first-order valence-corrected chi connectivity index (χ1v) is 15.2. The molecule has 6 amide bonds. The van der Waals surface area contributed by atoms with Crippen LogP contribution < -0.4 is 21.3 Å². The first-order chi connectivity index (χ1) is 19.9. The zero-order valence-corrected chi connectivity index (χ0v) is 27.1. The van der Waals surface area contributed by atoms with Crippen molar-refractivity contribution in [1.29, 1.82) is 0 Å². The van der Waals surface area contributed by atoms with Crippen LogP contribution in [0.5, 0.6) is 0 Å². The van der Waals surface area contributed by atoms with E-state index in [9.17, 15) is 39.0 Å². The summed E-state index contributed by atoms with van der Waals surface area (Å²) >= 11 is 0. The van der Waals surface area contributed by atoms with E-state index in [2.05, 4.69) is 21.3 Å². The third-order valence-electron chi connectivity index (χ3n) is 9.39. The summed E-state index contributed by atoms with van der Waals surface area (Å²) in [6.45, 7) is 14.8. The normalized spacial score (nSPS) is 26.2. The predicted molar refractivity (Wildman–Crippen MR) is 159 cm³/mol. The van der Waals surface area contributed by atoms with E-state index < -0.39 is 80.9 Å². The van der Waals surface area contributed by atoms with Crippen molar-refractivity contribution in [3.05, 3.63) is 0 Å². The molecule has 14 heteroatoms. The van der Waals surface area contributed by atoms with E-state index in [1.165, 1.54) is 0 Å². The Morgan fingerprint density at radius 2 is 0.977 bits per heavy atom. The second-order valence-corrected chi connectivity index (χ2v) is 16.1. The molecule has 0 unspecified atom stereocenters. The highest BCUT2D eigenvalue weighted by atomic mass is 16.4. The van der Waals surface area contributed by atoms with Crippen LogP contribution in [0.15, 0.2) is 0 Å². The third kappa shape index (κ3) is 6.28. The fourth-order valence-electron chi connectivity index (χ4n) is 8.92. The van der Waals surface area contributed by atoms with Crippen LogP contribution in [-0.4, -0.2) is 102 Å². The molecule has 0 bridgehead atoms. The standard InChI is InChI=1S/C30H48N6O8/c1-24(2)14-29(15-25(3,4)33-24)19(39)35(22(43)31-29)11-9-28(21(41)42,13-18(37)38)10-12-36-20(40)30(32-23(36)44)16-26(5,6)34-27(7,8)17-30/h33-34H,9-17H2,1-8H3,(H,31,43)(H,32,44)(H,37,38)(H,41,42). The largest absolute Gasteiger partial charge is 0.481 e. The van der Waals surface area contributed by atoms with Gasteiger partial charge < -0.3 is 31.5 Å². The number of urea groups is 2. The number of carboxylic acid groups (broad SMARTS) is 2. The van der Waals surface area contributed by atoms with E-state index in [1.807, 2.05) is 55.4 Å². The van der Waals surface area contributed by atoms with E-state index in [0.29, 0.717) is 25.7 Å². The van der Waals surface area contributed by atoms with Crippen LogP contribution >= 0.6 is 0 Å². The molecule has 4 aliphatic heterocycles. The molecule has 6 N–H and O–H groups in total. The summed E-state index contributed by atoms with van der Waals surface area (Å²) < 4.78 is 0. The summed E-state index contributed by atoms with van der Waals surface area (Å²) in [6.07, 6.45) is -0.273. The zero-order valence-electron chi connectivity index (χ0n) is 27.1. The molecule has 246 valence electrons. The minimum absolute atomic E-state index is 0.320. The van der Waals surface area contributed by atoms with Crippen LogP contribution in [0.1, 0.15) is 100 Å². The van der Waals surface area contributed by atoms with Crippen LogP contribution in [0.25, 0.3) is 0 Å². The van der Waals surface area contributed by atoms with Gasteiger partial charge in [0.1, 0.15) is 11.1 Å². The van der Waals surface area contributed by atoms with Crippen molar-refractivity contribution < 1.29 is 39.0 Å². The van der Waals surface area contributed by atoms with E-state index in [1.54, 1.807) is 0 Å². The minimum atomic E-state index is -1.96. The van der Waals surface area contributed by atoms with Crippen molar-refractivity contribution in [2.24, 2.45) is 5.41 Å². The summed E-state index contributed by atoms with van der Waals surface area (Å²) in [5, 5.41) is 32.7. The van der Waals surface area contributed by atoms with Gasteiger partial charge in [0.25, 0.3) is 11.8 Å². The number of carbonyl (C=O) groups is 6. The van der Waals surface area contributed by atoms with Crippen LogP contribution in [0.4, 0.5) is 9.59 Å². The minimum Gasteiger partial charge on any atom is -0.481 e. The maximum Gasteiger partial charge on any atom is 0.325 e. The van der Waals surface area contributed by atoms with Crippen molar-refractivity contribution in [2.45, 2.75) is 134 Å². The summed E-state index contributed by atoms with van der Waals surface area (Å²) in [5.74, 6) is -3.80. The molecular formula is C30H48N6O8. The van der Waals surface area contributed by atoms with Gasteiger partial charge in [-0.25, -0.2) is 9.59 Å². The number of amides is 6. The maximum atomic E-state index is 13.7. The number of nitrogens with one attached hydrogen (secondary N) is 4. The molecule has 4 heterocycles. The fourth-order valence-corrected chi connectivity index (χ4v) is 8.92. The molecule has 0 aromatic rings. The van der Waals surface area contributed by atoms with Crippen LogP contribution in [0.3, 0.4) is 0 Å². The number of rotatable bonds is 9. The van der Waals surface area contributed by atoms with E-state index >= 15 is 0 Å².